The molecule has 0 saturated heterocycles. The summed E-state index contributed by atoms with van der Waals surface area (Å²) in [6.07, 6.45) is 4.07. The molecule has 0 atom stereocenters. The van der Waals surface area contributed by atoms with Crippen LogP contribution in [0.1, 0.15) is 50.3 Å². The minimum absolute atomic E-state index is 0.0310. The summed E-state index contributed by atoms with van der Waals surface area (Å²) in [6, 6.07) is 4.40. The molecule has 1 nitrogen and oxygen atoms in total. The van der Waals surface area contributed by atoms with Gasteiger partial charge in [-0.25, -0.2) is 4.39 Å². The molecule has 0 heterocycles. The number of hydrogen-bond acceptors (Lipinski definition) is 1. The lowest BCUT2D eigenvalue weighted by atomic mass is 9.77. The lowest BCUT2D eigenvalue weighted by Gasteiger charge is -2.32. The fourth-order valence-electron chi connectivity index (χ4n) is 2.59. The van der Waals surface area contributed by atoms with Crippen LogP contribution in [0.25, 0.3) is 0 Å². The van der Waals surface area contributed by atoms with E-state index in [4.69, 9.17) is 5.73 Å². The summed E-state index contributed by atoms with van der Waals surface area (Å²) in [5, 5.41) is 0. The summed E-state index contributed by atoms with van der Waals surface area (Å²) in [6.45, 7) is 7.85. The molecule has 0 spiro atoms. The molecule has 102 valence electrons. The highest BCUT2D eigenvalue weighted by Crippen LogP contribution is 2.30. The van der Waals surface area contributed by atoms with Gasteiger partial charge in [0, 0.05) is 6.04 Å². The second-order valence-corrected chi connectivity index (χ2v) is 5.04. The Kier molecular flexibility index (Phi) is 5.80. The maximum atomic E-state index is 13.7. The van der Waals surface area contributed by atoms with E-state index >= 15 is 0 Å². The van der Waals surface area contributed by atoms with Gasteiger partial charge in [0.2, 0.25) is 0 Å². The van der Waals surface area contributed by atoms with Gasteiger partial charge in [-0.05, 0) is 55.2 Å². The zero-order chi connectivity index (χ0) is 13.7. The molecular weight excluding hydrogens is 225 g/mol. The van der Waals surface area contributed by atoms with Gasteiger partial charge in [0.05, 0.1) is 0 Å². The van der Waals surface area contributed by atoms with Crippen molar-refractivity contribution in [1.82, 2.24) is 0 Å². The molecule has 18 heavy (non-hydrogen) atoms. The Morgan fingerprint density at radius 3 is 2.39 bits per heavy atom. The summed E-state index contributed by atoms with van der Waals surface area (Å²) < 4.78 is 13.7. The maximum absolute atomic E-state index is 13.7. The molecule has 1 saturated carbocycles. The first-order valence-electron chi connectivity index (χ1n) is 7.13. The number of nitrogens with two attached hydrogens (primary N) is 1. The van der Waals surface area contributed by atoms with E-state index < -0.39 is 0 Å². The molecule has 1 aromatic rings. The zero-order valence-corrected chi connectivity index (χ0v) is 12.1. The van der Waals surface area contributed by atoms with Crippen molar-refractivity contribution in [2.75, 3.05) is 0 Å². The minimum Gasteiger partial charge on any atom is -0.328 e. The largest absolute Gasteiger partial charge is 0.328 e. The summed E-state index contributed by atoms with van der Waals surface area (Å²) >= 11 is 0. The Labute approximate surface area is 111 Å². The normalized spacial score (nSPS) is 21.9. The van der Waals surface area contributed by atoms with E-state index in [1.54, 1.807) is 0 Å². The molecule has 0 aliphatic heterocycles. The second kappa shape index (κ2) is 6.89. The third-order valence-electron chi connectivity index (χ3n) is 3.57. The number of rotatable bonds is 3. The highest BCUT2D eigenvalue weighted by molar-refractivity contribution is 5.31. The average molecular weight is 251 g/mol. The molecule has 0 amide bonds. The monoisotopic (exact) mass is 251 g/mol. The van der Waals surface area contributed by atoms with Crippen molar-refractivity contribution in [2.24, 2.45) is 11.7 Å². The number of hydrogen-bond donors (Lipinski definition) is 1. The predicted octanol–water partition coefficient (Wildman–Crippen LogP) is 4.00. The molecule has 2 rings (SSSR count). The average Bonchev–Trinajstić information content (AvgIpc) is 2.34. The van der Waals surface area contributed by atoms with Gasteiger partial charge in [-0.3, -0.25) is 0 Å². The standard InChI is InChI=1S/C14H20FN.C2H6/c1-3-12-6-10(4-9(2)14(12)15)5-11-7-13(16)8-11;1-2/h4,6,11,13H,3,5,7-8,16H2,1-2H3;1-2H3. The number of halogens is 1. The molecule has 0 aromatic heterocycles. The first-order chi connectivity index (χ1) is 8.60. The van der Waals surface area contributed by atoms with Gasteiger partial charge < -0.3 is 5.73 Å². The van der Waals surface area contributed by atoms with Crippen molar-refractivity contribution < 1.29 is 4.39 Å². The molecule has 1 fully saturated rings. The van der Waals surface area contributed by atoms with Crippen LogP contribution < -0.4 is 5.73 Å². The smallest absolute Gasteiger partial charge is 0.129 e. The summed E-state index contributed by atoms with van der Waals surface area (Å²) in [4.78, 5) is 0. The van der Waals surface area contributed by atoms with Crippen LogP contribution in [0.15, 0.2) is 12.1 Å². The Morgan fingerprint density at radius 1 is 1.28 bits per heavy atom. The Hall–Kier alpha value is -0.890. The van der Waals surface area contributed by atoms with Gasteiger partial charge in [0.1, 0.15) is 5.82 Å². The highest BCUT2D eigenvalue weighted by atomic mass is 19.1. The topological polar surface area (TPSA) is 26.0 Å². The summed E-state index contributed by atoms with van der Waals surface area (Å²) in [5.41, 5.74) is 8.67. The highest BCUT2D eigenvalue weighted by Gasteiger charge is 2.26. The Morgan fingerprint density at radius 2 is 1.89 bits per heavy atom. The summed E-state index contributed by atoms with van der Waals surface area (Å²) in [7, 11) is 0. The van der Waals surface area contributed by atoms with E-state index in [2.05, 4.69) is 0 Å². The van der Waals surface area contributed by atoms with Crippen LogP contribution in [-0.2, 0) is 12.8 Å². The van der Waals surface area contributed by atoms with E-state index in [9.17, 15) is 4.39 Å². The Bertz CT molecular complexity index is 381. The van der Waals surface area contributed by atoms with Gasteiger partial charge in [0.15, 0.2) is 0 Å². The van der Waals surface area contributed by atoms with E-state index in [1.165, 1.54) is 5.56 Å². The van der Waals surface area contributed by atoms with Crippen molar-refractivity contribution in [1.29, 1.82) is 0 Å². The molecule has 0 radical (unpaired) electrons. The van der Waals surface area contributed by atoms with Gasteiger partial charge in [0.25, 0.3) is 0 Å². The fraction of sp³-hybridized carbons (Fsp3) is 0.625. The van der Waals surface area contributed by atoms with Gasteiger partial charge in [-0.15, -0.1) is 0 Å². The Balaban J connectivity index is 0.000000771. The SMILES string of the molecule is CC.CCc1cc(CC2CC(N)C2)cc(C)c1F. The van der Waals surface area contributed by atoms with Crippen molar-refractivity contribution >= 4 is 0 Å². The van der Waals surface area contributed by atoms with Crippen molar-refractivity contribution in [3.05, 3.63) is 34.6 Å². The molecule has 1 aromatic carbocycles. The van der Waals surface area contributed by atoms with E-state index in [0.717, 1.165) is 36.8 Å². The van der Waals surface area contributed by atoms with Gasteiger partial charge in [-0.1, -0.05) is 32.9 Å². The molecule has 2 N–H and O–H groups in total. The van der Waals surface area contributed by atoms with E-state index in [0.29, 0.717) is 12.0 Å². The molecule has 1 aliphatic rings. The lowest BCUT2D eigenvalue weighted by Crippen LogP contribution is -2.37. The van der Waals surface area contributed by atoms with Crippen molar-refractivity contribution in [3.8, 4) is 0 Å². The van der Waals surface area contributed by atoms with Gasteiger partial charge in [-0.2, -0.15) is 0 Å². The van der Waals surface area contributed by atoms with Crippen LogP contribution in [0.3, 0.4) is 0 Å². The fourth-order valence-corrected chi connectivity index (χ4v) is 2.59. The van der Waals surface area contributed by atoms with Crippen LogP contribution >= 0.6 is 0 Å². The predicted molar refractivity (Wildman–Crippen MR) is 76.3 cm³/mol. The lowest BCUT2D eigenvalue weighted by molar-refractivity contribution is 0.264. The first kappa shape index (κ1) is 15.2. The molecule has 2 heteroatoms. The third-order valence-corrected chi connectivity index (χ3v) is 3.57. The second-order valence-electron chi connectivity index (χ2n) is 5.04. The van der Waals surface area contributed by atoms with E-state index in [1.807, 2.05) is 39.8 Å². The first-order valence-corrected chi connectivity index (χ1v) is 7.13. The van der Waals surface area contributed by atoms with Crippen molar-refractivity contribution in [3.63, 3.8) is 0 Å². The van der Waals surface area contributed by atoms with E-state index in [-0.39, 0.29) is 5.82 Å². The summed E-state index contributed by atoms with van der Waals surface area (Å²) in [5.74, 6) is 0.682. The number of aryl methyl sites for hydroxylation is 2. The molecular formula is C16H26FN. The molecule has 0 bridgehead atoms. The zero-order valence-electron chi connectivity index (χ0n) is 12.1. The molecule has 0 unspecified atom stereocenters. The molecule has 1 aliphatic carbocycles. The minimum atomic E-state index is -0.0310. The van der Waals surface area contributed by atoms with Crippen LogP contribution in [0.2, 0.25) is 0 Å². The quantitative estimate of drug-likeness (QED) is 0.863. The van der Waals surface area contributed by atoms with Crippen LogP contribution in [0, 0.1) is 18.7 Å². The van der Waals surface area contributed by atoms with Gasteiger partial charge >= 0.3 is 0 Å². The number of benzene rings is 1. The van der Waals surface area contributed by atoms with Crippen LogP contribution in [0.4, 0.5) is 4.39 Å². The van der Waals surface area contributed by atoms with Crippen LogP contribution in [-0.4, -0.2) is 6.04 Å². The third kappa shape index (κ3) is 3.55. The van der Waals surface area contributed by atoms with Crippen molar-refractivity contribution in [2.45, 2.75) is 59.4 Å². The van der Waals surface area contributed by atoms with Crippen LogP contribution in [0.5, 0.6) is 0 Å². The maximum Gasteiger partial charge on any atom is 0.129 e.